The molecule has 1 aromatic rings. The number of rotatable bonds is 2. The van der Waals surface area contributed by atoms with Gasteiger partial charge in [-0.2, -0.15) is 0 Å². The maximum Gasteiger partial charge on any atom is 0.233 e. The van der Waals surface area contributed by atoms with Crippen molar-refractivity contribution in [3.05, 3.63) is 35.9 Å². The van der Waals surface area contributed by atoms with E-state index in [-0.39, 0.29) is 5.41 Å². The van der Waals surface area contributed by atoms with Gasteiger partial charge in [-0.3, -0.25) is 4.79 Å². The third-order valence-corrected chi connectivity index (χ3v) is 6.53. The largest absolute Gasteiger partial charge is 0.381 e. The fourth-order valence-electron chi connectivity index (χ4n) is 4.81. The highest BCUT2D eigenvalue weighted by Crippen LogP contribution is 2.41. The van der Waals surface area contributed by atoms with Crippen molar-refractivity contribution in [1.29, 1.82) is 0 Å². The van der Waals surface area contributed by atoms with E-state index in [2.05, 4.69) is 34.5 Å². The van der Waals surface area contributed by atoms with Crippen LogP contribution in [0.2, 0.25) is 0 Å². The molecule has 4 rings (SSSR count). The van der Waals surface area contributed by atoms with Crippen LogP contribution >= 0.6 is 0 Å². The van der Waals surface area contributed by atoms with Crippen molar-refractivity contribution in [3.63, 3.8) is 0 Å². The average Bonchev–Trinajstić information content (AvgIpc) is 3.11. The van der Waals surface area contributed by atoms with Gasteiger partial charge in [0.15, 0.2) is 0 Å². The first-order valence-electron chi connectivity index (χ1n) is 9.38. The van der Waals surface area contributed by atoms with Gasteiger partial charge in [0, 0.05) is 32.8 Å². The number of nitrogens with zero attached hydrogens (tertiary/aromatic N) is 1. The van der Waals surface area contributed by atoms with Gasteiger partial charge in [0.05, 0.1) is 5.41 Å². The number of hydrogen-bond donors (Lipinski definition) is 1. The van der Waals surface area contributed by atoms with Gasteiger partial charge in [-0.25, -0.2) is 0 Å². The number of amides is 1. The maximum atomic E-state index is 13.5. The molecule has 24 heavy (non-hydrogen) atoms. The number of carbonyl (C=O) groups is 1. The minimum Gasteiger partial charge on any atom is -0.381 e. The lowest BCUT2D eigenvalue weighted by molar-refractivity contribution is -0.143. The minimum absolute atomic E-state index is 0.331. The molecule has 3 aliphatic heterocycles. The molecule has 1 N–H and O–H groups in total. The predicted molar refractivity (Wildman–Crippen MR) is 93.9 cm³/mol. The van der Waals surface area contributed by atoms with Crippen LogP contribution in [0.25, 0.3) is 0 Å². The van der Waals surface area contributed by atoms with Crippen molar-refractivity contribution < 1.29 is 9.53 Å². The summed E-state index contributed by atoms with van der Waals surface area (Å²) in [5.74, 6) is 0.331. The summed E-state index contributed by atoms with van der Waals surface area (Å²) in [6, 6.07) is 10.4. The molecule has 0 atom stereocenters. The second-order valence-corrected chi connectivity index (χ2v) is 7.78. The van der Waals surface area contributed by atoms with Crippen LogP contribution in [0, 0.1) is 5.41 Å². The number of likely N-dealkylation sites (tertiary alicyclic amines) is 1. The Morgan fingerprint density at radius 3 is 2.33 bits per heavy atom. The van der Waals surface area contributed by atoms with Crippen LogP contribution in [0.15, 0.2) is 30.3 Å². The van der Waals surface area contributed by atoms with Crippen molar-refractivity contribution in [2.75, 3.05) is 39.4 Å². The van der Waals surface area contributed by atoms with E-state index in [4.69, 9.17) is 4.74 Å². The second-order valence-electron chi connectivity index (χ2n) is 7.78. The highest BCUT2D eigenvalue weighted by molar-refractivity contribution is 5.88. The molecule has 0 unspecified atom stereocenters. The molecule has 0 radical (unpaired) electrons. The van der Waals surface area contributed by atoms with E-state index in [1.165, 1.54) is 12.0 Å². The summed E-state index contributed by atoms with van der Waals surface area (Å²) in [7, 11) is 0. The van der Waals surface area contributed by atoms with Crippen LogP contribution < -0.4 is 5.32 Å². The van der Waals surface area contributed by atoms with Crippen molar-refractivity contribution in [2.24, 2.45) is 5.41 Å². The van der Waals surface area contributed by atoms with E-state index in [0.29, 0.717) is 24.5 Å². The van der Waals surface area contributed by atoms with Crippen LogP contribution in [-0.2, 0) is 14.9 Å². The summed E-state index contributed by atoms with van der Waals surface area (Å²) in [6.07, 6.45) is 5.17. The van der Waals surface area contributed by atoms with Crippen LogP contribution in [0.3, 0.4) is 0 Å². The van der Waals surface area contributed by atoms with Crippen molar-refractivity contribution in [1.82, 2.24) is 10.2 Å². The molecule has 0 saturated carbocycles. The molecule has 0 aromatic heterocycles. The van der Waals surface area contributed by atoms with Crippen LogP contribution in [0.4, 0.5) is 0 Å². The first-order valence-corrected chi connectivity index (χ1v) is 9.38. The lowest BCUT2D eigenvalue weighted by atomic mass is 9.71. The Morgan fingerprint density at radius 2 is 1.71 bits per heavy atom. The summed E-state index contributed by atoms with van der Waals surface area (Å²) in [4.78, 5) is 15.7. The minimum atomic E-state index is -0.377. The van der Waals surface area contributed by atoms with E-state index in [1.807, 2.05) is 6.07 Å². The lowest BCUT2D eigenvalue weighted by Gasteiger charge is -2.44. The van der Waals surface area contributed by atoms with Gasteiger partial charge in [0.1, 0.15) is 0 Å². The van der Waals surface area contributed by atoms with Crippen molar-refractivity contribution >= 4 is 5.91 Å². The molecular formula is C20H28N2O2. The Hall–Kier alpha value is -1.39. The van der Waals surface area contributed by atoms with Gasteiger partial charge >= 0.3 is 0 Å². The Kier molecular flexibility index (Phi) is 4.35. The monoisotopic (exact) mass is 328 g/mol. The first kappa shape index (κ1) is 16.1. The SMILES string of the molecule is O=C(N1CCC2(CCNC2)CC1)C1(c2ccccc2)CCOCC1. The van der Waals surface area contributed by atoms with E-state index in [1.54, 1.807) is 0 Å². The second kappa shape index (κ2) is 6.49. The molecule has 4 nitrogen and oxygen atoms in total. The predicted octanol–water partition coefficient (Wildman–Crippen LogP) is 2.34. The molecule has 3 fully saturated rings. The molecule has 1 amide bonds. The third-order valence-electron chi connectivity index (χ3n) is 6.53. The smallest absolute Gasteiger partial charge is 0.233 e. The average molecular weight is 328 g/mol. The summed E-state index contributed by atoms with van der Waals surface area (Å²) >= 11 is 0. The number of ether oxygens (including phenoxy) is 1. The number of benzene rings is 1. The summed E-state index contributed by atoms with van der Waals surface area (Å²) in [6.45, 7) is 5.46. The fourth-order valence-corrected chi connectivity index (χ4v) is 4.81. The molecular weight excluding hydrogens is 300 g/mol. The van der Waals surface area contributed by atoms with Crippen molar-refractivity contribution in [3.8, 4) is 0 Å². The zero-order valence-electron chi connectivity index (χ0n) is 14.4. The quantitative estimate of drug-likeness (QED) is 0.906. The molecule has 1 spiro atoms. The van der Waals surface area contributed by atoms with Gasteiger partial charge in [-0.05, 0) is 49.6 Å². The Balaban J connectivity index is 1.54. The van der Waals surface area contributed by atoms with Crippen LogP contribution in [0.5, 0.6) is 0 Å². The van der Waals surface area contributed by atoms with Crippen LogP contribution in [-0.4, -0.2) is 50.2 Å². The van der Waals surface area contributed by atoms with E-state index in [0.717, 1.165) is 51.9 Å². The topological polar surface area (TPSA) is 41.6 Å². The standard InChI is InChI=1S/C20H28N2O2/c23-18(22-12-7-19(8-13-22)6-11-21-16-19)20(9-14-24-15-10-20)17-4-2-1-3-5-17/h1-5,21H,6-16H2. The Bertz CT molecular complexity index is 565. The van der Waals surface area contributed by atoms with Gasteiger partial charge in [0.2, 0.25) is 5.91 Å². The van der Waals surface area contributed by atoms with Gasteiger partial charge in [-0.1, -0.05) is 30.3 Å². The van der Waals surface area contributed by atoms with Crippen molar-refractivity contribution in [2.45, 2.75) is 37.5 Å². The molecule has 0 aliphatic carbocycles. The zero-order valence-corrected chi connectivity index (χ0v) is 14.4. The third kappa shape index (κ3) is 2.76. The summed E-state index contributed by atoms with van der Waals surface area (Å²) in [5, 5.41) is 3.50. The first-order chi connectivity index (χ1) is 11.7. The molecule has 130 valence electrons. The molecule has 3 aliphatic rings. The van der Waals surface area contributed by atoms with Crippen LogP contribution in [0.1, 0.15) is 37.7 Å². The number of piperidine rings is 1. The number of hydrogen-bond acceptors (Lipinski definition) is 3. The van der Waals surface area contributed by atoms with E-state index < -0.39 is 0 Å². The molecule has 0 bridgehead atoms. The highest BCUT2D eigenvalue weighted by Gasteiger charge is 2.46. The summed E-state index contributed by atoms with van der Waals surface area (Å²) < 4.78 is 5.58. The molecule has 1 aromatic carbocycles. The molecule has 3 heterocycles. The molecule has 4 heteroatoms. The maximum absolute atomic E-state index is 13.5. The Labute approximate surface area is 144 Å². The normalized spacial score (nSPS) is 25.8. The lowest BCUT2D eigenvalue weighted by Crippen LogP contribution is -2.53. The van der Waals surface area contributed by atoms with E-state index in [9.17, 15) is 4.79 Å². The fraction of sp³-hybridized carbons (Fsp3) is 0.650. The molecule has 3 saturated heterocycles. The van der Waals surface area contributed by atoms with Gasteiger partial charge in [-0.15, -0.1) is 0 Å². The highest BCUT2D eigenvalue weighted by atomic mass is 16.5. The number of nitrogens with one attached hydrogen (secondary N) is 1. The summed E-state index contributed by atoms with van der Waals surface area (Å²) in [5.41, 5.74) is 1.24. The Morgan fingerprint density at radius 1 is 1.00 bits per heavy atom. The number of carbonyl (C=O) groups excluding carboxylic acids is 1. The van der Waals surface area contributed by atoms with E-state index >= 15 is 0 Å². The zero-order chi connectivity index (χ0) is 16.5. The van der Waals surface area contributed by atoms with Gasteiger partial charge < -0.3 is 15.0 Å². The van der Waals surface area contributed by atoms with Gasteiger partial charge in [0.25, 0.3) is 0 Å².